The van der Waals surface area contributed by atoms with Crippen LogP contribution < -0.4 is 10.6 Å². The van der Waals surface area contributed by atoms with Crippen LogP contribution in [0.2, 0.25) is 0 Å². The van der Waals surface area contributed by atoms with Crippen LogP contribution >= 0.6 is 15.9 Å². The summed E-state index contributed by atoms with van der Waals surface area (Å²) in [7, 11) is 0. The number of hydrogen-bond donors (Lipinski definition) is 2. The Kier molecular flexibility index (Phi) is 7.85. The maximum absolute atomic E-state index is 12.9. The lowest BCUT2D eigenvalue weighted by atomic mass is 10.00. The maximum Gasteiger partial charge on any atom is 0.251 e. The summed E-state index contributed by atoms with van der Waals surface area (Å²) in [5.74, 6) is -0.229. The molecule has 31 heavy (non-hydrogen) atoms. The van der Waals surface area contributed by atoms with Crippen LogP contribution in [0, 0.1) is 6.92 Å². The van der Waals surface area contributed by atoms with Gasteiger partial charge >= 0.3 is 0 Å². The Morgan fingerprint density at radius 3 is 2.32 bits per heavy atom. The molecule has 164 valence electrons. The van der Waals surface area contributed by atoms with Gasteiger partial charge in [0.1, 0.15) is 0 Å². The molecule has 1 aliphatic rings. The van der Waals surface area contributed by atoms with E-state index in [-0.39, 0.29) is 36.2 Å². The number of halogens is 1. The number of amides is 3. The van der Waals surface area contributed by atoms with Crippen molar-refractivity contribution in [2.45, 2.75) is 45.2 Å². The molecule has 2 N–H and O–H groups in total. The lowest BCUT2D eigenvalue weighted by Gasteiger charge is -2.33. The number of piperidine rings is 1. The Morgan fingerprint density at radius 1 is 1.06 bits per heavy atom. The first-order valence-corrected chi connectivity index (χ1v) is 11.3. The average Bonchev–Trinajstić information content (AvgIpc) is 2.74. The third-order valence-corrected chi connectivity index (χ3v) is 6.13. The lowest BCUT2D eigenvalue weighted by molar-refractivity contribution is -0.133. The highest BCUT2D eigenvalue weighted by molar-refractivity contribution is 9.10. The predicted molar refractivity (Wildman–Crippen MR) is 124 cm³/mol. The van der Waals surface area contributed by atoms with E-state index in [2.05, 4.69) is 26.6 Å². The third-order valence-electron chi connectivity index (χ3n) is 5.60. The van der Waals surface area contributed by atoms with Gasteiger partial charge in [-0.15, -0.1) is 0 Å². The minimum absolute atomic E-state index is 0.00495. The van der Waals surface area contributed by atoms with E-state index in [0.29, 0.717) is 31.5 Å². The Balaban J connectivity index is 1.55. The molecule has 2 aromatic carbocycles. The molecule has 0 saturated carbocycles. The van der Waals surface area contributed by atoms with Crippen LogP contribution in [0.1, 0.15) is 53.7 Å². The number of carbonyl (C=O) groups is 3. The molecule has 1 atom stereocenters. The molecular formula is C24H28BrN3O3. The number of aryl methyl sites for hydroxylation is 1. The van der Waals surface area contributed by atoms with Gasteiger partial charge in [0.05, 0.1) is 12.5 Å². The van der Waals surface area contributed by atoms with Gasteiger partial charge in [0.15, 0.2) is 0 Å². The molecule has 7 heteroatoms. The zero-order valence-electron chi connectivity index (χ0n) is 17.9. The van der Waals surface area contributed by atoms with Crippen molar-refractivity contribution in [3.63, 3.8) is 0 Å². The van der Waals surface area contributed by atoms with E-state index in [1.807, 2.05) is 60.4 Å². The summed E-state index contributed by atoms with van der Waals surface area (Å²) in [6.45, 7) is 4.56. The predicted octanol–water partition coefficient (Wildman–Crippen LogP) is 3.75. The van der Waals surface area contributed by atoms with E-state index in [4.69, 9.17) is 0 Å². The molecule has 0 aromatic heterocycles. The Morgan fingerprint density at radius 2 is 1.71 bits per heavy atom. The maximum atomic E-state index is 12.9. The average molecular weight is 486 g/mol. The van der Waals surface area contributed by atoms with E-state index in [9.17, 15) is 14.4 Å². The summed E-state index contributed by atoms with van der Waals surface area (Å²) in [5.41, 5.74) is 2.53. The SMILES string of the molecule is CC(=O)NC(CC(=O)N1CCC(NC(=O)c2ccccc2C)CC1)c1ccc(Br)cc1. The van der Waals surface area contributed by atoms with E-state index in [1.54, 1.807) is 0 Å². The normalized spacial score (nSPS) is 15.3. The van der Waals surface area contributed by atoms with E-state index in [1.165, 1.54) is 6.92 Å². The van der Waals surface area contributed by atoms with Crippen LogP contribution in [0.15, 0.2) is 53.0 Å². The second kappa shape index (κ2) is 10.6. The van der Waals surface area contributed by atoms with Gasteiger partial charge in [-0.3, -0.25) is 14.4 Å². The summed E-state index contributed by atoms with van der Waals surface area (Å²) >= 11 is 3.41. The quantitative estimate of drug-likeness (QED) is 0.653. The zero-order valence-corrected chi connectivity index (χ0v) is 19.4. The molecule has 1 fully saturated rings. The number of nitrogens with zero attached hydrogens (tertiary/aromatic N) is 1. The zero-order chi connectivity index (χ0) is 22.4. The van der Waals surface area contributed by atoms with Crippen LogP contribution in [0.5, 0.6) is 0 Å². The summed E-state index contributed by atoms with van der Waals surface area (Å²) in [5, 5.41) is 5.98. The molecule has 0 aliphatic carbocycles. The highest BCUT2D eigenvalue weighted by Crippen LogP contribution is 2.22. The van der Waals surface area contributed by atoms with Crippen LogP contribution in [0.4, 0.5) is 0 Å². The largest absolute Gasteiger partial charge is 0.349 e. The minimum Gasteiger partial charge on any atom is -0.349 e. The fourth-order valence-corrected chi connectivity index (χ4v) is 4.12. The molecule has 2 aromatic rings. The van der Waals surface area contributed by atoms with Crippen molar-refractivity contribution in [2.24, 2.45) is 0 Å². The minimum atomic E-state index is -0.364. The van der Waals surface area contributed by atoms with Crippen LogP contribution in [0.3, 0.4) is 0 Å². The lowest BCUT2D eigenvalue weighted by Crippen LogP contribution is -2.47. The molecule has 1 heterocycles. The van der Waals surface area contributed by atoms with Gasteiger partial charge < -0.3 is 15.5 Å². The molecule has 1 saturated heterocycles. The molecule has 0 radical (unpaired) electrons. The highest BCUT2D eigenvalue weighted by atomic mass is 79.9. The van der Waals surface area contributed by atoms with E-state index >= 15 is 0 Å². The van der Waals surface area contributed by atoms with Crippen molar-refractivity contribution < 1.29 is 14.4 Å². The standard InChI is InChI=1S/C24H28BrN3O3/c1-16-5-3-4-6-21(16)24(31)27-20-11-13-28(14-12-20)23(30)15-22(26-17(2)29)18-7-9-19(25)10-8-18/h3-10,20,22H,11-15H2,1-2H3,(H,26,29)(H,27,31). The molecule has 0 spiro atoms. The smallest absolute Gasteiger partial charge is 0.251 e. The van der Waals surface area contributed by atoms with Gasteiger partial charge in [0.2, 0.25) is 11.8 Å². The second-order valence-electron chi connectivity index (χ2n) is 7.95. The fraction of sp³-hybridized carbons (Fsp3) is 0.375. The van der Waals surface area contributed by atoms with Crippen molar-refractivity contribution in [3.05, 3.63) is 69.7 Å². The van der Waals surface area contributed by atoms with Gasteiger partial charge in [0, 0.05) is 36.1 Å². The number of rotatable bonds is 6. The molecule has 1 unspecified atom stereocenters. The fourth-order valence-electron chi connectivity index (χ4n) is 3.86. The third kappa shape index (κ3) is 6.40. The van der Waals surface area contributed by atoms with Crippen LogP contribution in [0.25, 0.3) is 0 Å². The first kappa shape index (κ1) is 23.0. The Hall–Kier alpha value is -2.67. The summed E-state index contributed by atoms with van der Waals surface area (Å²) in [4.78, 5) is 38.9. The first-order valence-electron chi connectivity index (χ1n) is 10.5. The topological polar surface area (TPSA) is 78.5 Å². The van der Waals surface area contributed by atoms with E-state index < -0.39 is 0 Å². The van der Waals surface area contributed by atoms with Crippen molar-refractivity contribution >= 4 is 33.7 Å². The number of benzene rings is 2. The number of likely N-dealkylation sites (tertiary alicyclic amines) is 1. The summed E-state index contributed by atoms with van der Waals surface area (Å²) in [6, 6.07) is 14.8. The molecule has 3 rings (SSSR count). The molecular weight excluding hydrogens is 458 g/mol. The monoisotopic (exact) mass is 485 g/mol. The van der Waals surface area contributed by atoms with Gasteiger partial charge in [-0.2, -0.15) is 0 Å². The molecule has 3 amide bonds. The highest BCUT2D eigenvalue weighted by Gasteiger charge is 2.27. The molecule has 1 aliphatic heterocycles. The van der Waals surface area contributed by atoms with Crippen LogP contribution in [-0.4, -0.2) is 41.8 Å². The molecule has 6 nitrogen and oxygen atoms in total. The number of carbonyl (C=O) groups excluding carboxylic acids is 3. The Bertz CT molecular complexity index is 937. The van der Waals surface area contributed by atoms with E-state index in [0.717, 1.165) is 15.6 Å². The van der Waals surface area contributed by atoms with Crippen molar-refractivity contribution in [1.29, 1.82) is 0 Å². The Labute approximate surface area is 191 Å². The second-order valence-corrected chi connectivity index (χ2v) is 8.87. The first-order chi connectivity index (χ1) is 14.8. The van der Waals surface area contributed by atoms with Gasteiger partial charge in [-0.25, -0.2) is 0 Å². The summed E-state index contributed by atoms with van der Waals surface area (Å²) < 4.78 is 0.943. The molecule has 0 bridgehead atoms. The number of hydrogen-bond acceptors (Lipinski definition) is 3. The van der Waals surface area contributed by atoms with Crippen LogP contribution in [-0.2, 0) is 9.59 Å². The number of nitrogens with one attached hydrogen (secondary N) is 2. The summed E-state index contributed by atoms with van der Waals surface area (Å²) in [6.07, 6.45) is 1.64. The van der Waals surface area contributed by atoms with Crippen molar-refractivity contribution in [3.8, 4) is 0 Å². The van der Waals surface area contributed by atoms with Crippen molar-refractivity contribution in [2.75, 3.05) is 13.1 Å². The van der Waals surface area contributed by atoms with Gasteiger partial charge in [0.25, 0.3) is 5.91 Å². The van der Waals surface area contributed by atoms with Crippen molar-refractivity contribution in [1.82, 2.24) is 15.5 Å². The van der Waals surface area contributed by atoms with Gasteiger partial charge in [-0.1, -0.05) is 46.3 Å². The van der Waals surface area contributed by atoms with Gasteiger partial charge in [-0.05, 0) is 49.1 Å².